The van der Waals surface area contributed by atoms with Gasteiger partial charge < -0.3 is 18.9 Å². The Kier molecular flexibility index (Phi) is 6.01. The van der Waals surface area contributed by atoms with Gasteiger partial charge in [0.25, 0.3) is 0 Å². The van der Waals surface area contributed by atoms with Crippen molar-refractivity contribution in [3.8, 4) is 0 Å². The number of ether oxygens (including phenoxy) is 4. The van der Waals surface area contributed by atoms with Gasteiger partial charge in [0.2, 0.25) is 6.29 Å². The minimum atomic E-state index is -0.487. The molecule has 1 heterocycles. The van der Waals surface area contributed by atoms with Gasteiger partial charge in [0, 0.05) is 7.11 Å². The first-order chi connectivity index (χ1) is 11.9. The van der Waals surface area contributed by atoms with Crippen LogP contribution in [-0.2, 0) is 32.2 Å². The lowest BCUT2D eigenvalue weighted by atomic mass is 10.1. The quantitative estimate of drug-likeness (QED) is 0.778. The standard InChI is InChI=1S/C20H22O4/c1-21-20-19(24-15-17-10-6-3-7-11-17)18(12-13-22-20)23-14-16-8-4-2-5-9-16/h2-13,18-20H,14-15H2,1H3/t18-,19-,20-/m0/s1. The summed E-state index contributed by atoms with van der Waals surface area (Å²) in [5.41, 5.74) is 2.22. The molecule has 0 N–H and O–H groups in total. The summed E-state index contributed by atoms with van der Waals surface area (Å²) in [5.74, 6) is 0. The summed E-state index contributed by atoms with van der Waals surface area (Å²) < 4.78 is 23.0. The minimum absolute atomic E-state index is 0.229. The highest BCUT2D eigenvalue weighted by molar-refractivity contribution is 5.14. The van der Waals surface area contributed by atoms with Crippen molar-refractivity contribution in [1.82, 2.24) is 0 Å². The molecule has 0 aliphatic carbocycles. The van der Waals surface area contributed by atoms with E-state index >= 15 is 0 Å². The Morgan fingerprint density at radius 3 is 2.00 bits per heavy atom. The van der Waals surface area contributed by atoms with Crippen molar-refractivity contribution in [2.75, 3.05) is 7.11 Å². The fourth-order valence-corrected chi connectivity index (χ4v) is 2.59. The van der Waals surface area contributed by atoms with E-state index in [1.807, 2.05) is 66.7 Å². The van der Waals surface area contributed by atoms with Crippen LogP contribution in [0, 0.1) is 0 Å². The van der Waals surface area contributed by atoms with Crippen molar-refractivity contribution in [3.05, 3.63) is 84.1 Å². The van der Waals surface area contributed by atoms with Gasteiger partial charge in [-0.15, -0.1) is 0 Å². The summed E-state index contributed by atoms with van der Waals surface area (Å²) in [7, 11) is 1.61. The van der Waals surface area contributed by atoms with Crippen LogP contribution in [0.1, 0.15) is 11.1 Å². The number of rotatable bonds is 7. The molecule has 1 aliphatic rings. The lowest BCUT2D eigenvalue weighted by Crippen LogP contribution is -2.44. The summed E-state index contributed by atoms with van der Waals surface area (Å²) in [4.78, 5) is 0. The van der Waals surface area contributed by atoms with E-state index in [-0.39, 0.29) is 12.2 Å². The predicted octanol–water partition coefficient (Wildman–Crippen LogP) is 3.67. The Balaban J connectivity index is 1.63. The molecule has 3 rings (SSSR count). The number of hydrogen-bond donors (Lipinski definition) is 0. The zero-order valence-electron chi connectivity index (χ0n) is 13.7. The van der Waals surface area contributed by atoms with Gasteiger partial charge in [0.15, 0.2) is 0 Å². The van der Waals surface area contributed by atoms with Crippen LogP contribution in [0.15, 0.2) is 73.0 Å². The monoisotopic (exact) mass is 326 g/mol. The molecule has 4 nitrogen and oxygen atoms in total. The second-order valence-corrected chi connectivity index (χ2v) is 5.59. The summed E-state index contributed by atoms with van der Waals surface area (Å²) in [5, 5.41) is 0. The molecule has 2 aromatic carbocycles. The fourth-order valence-electron chi connectivity index (χ4n) is 2.59. The third-order valence-corrected chi connectivity index (χ3v) is 3.88. The molecule has 0 spiro atoms. The first-order valence-corrected chi connectivity index (χ1v) is 8.03. The van der Waals surface area contributed by atoms with Crippen molar-refractivity contribution in [3.63, 3.8) is 0 Å². The first-order valence-electron chi connectivity index (χ1n) is 8.03. The van der Waals surface area contributed by atoms with Crippen LogP contribution in [0.4, 0.5) is 0 Å². The average Bonchev–Trinajstić information content (AvgIpc) is 2.66. The topological polar surface area (TPSA) is 36.9 Å². The van der Waals surface area contributed by atoms with Gasteiger partial charge in [0.05, 0.1) is 19.5 Å². The summed E-state index contributed by atoms with van der Waals surface area (Å²) >= 11 is 0. The second kappa shape index (κ2) is 8.64. The van der Waals surface area contributed by atoms with Crippen LogP contribution in [0.25, 0.3) is 0 Å². The molecule has 1 aliphatic heterocycles. The van der Waals surface area contributed by atoms with Gasteiger partial charge in [-0.1, -0.05) is 60.7 Å². The third kappa shape index (κ3) is 4.45. The van der Waals surface area contributed by atoms with Crippen molar-refractivity contribution in [1.29, 1.82) is 0 Å². The van der Waals surface area contributed by atoms with Crippen molar-refractivity contribution in [2.45, 2.75) is 31.7 Å². The molecule has 0 unspecified atom stereocenters. The molecule has 0 bridgehead atoms. The van der Waals surface area contributed by atoms with Gasteiger partial charge in [-0.25, -0.2) is 0 Å². The van der Waals surface area contributed by atoms with Crippen LogP contribution < -0.4 is 0 Å². The SMILES string of the molecule is CO[C@H]1OC=C[C@H](OCc2ccccc2)[C@@H]1OCc1ccccc1. The fraction of sp³-hybridized carbons (Fsp3) is 0.300. The maximum absolute atomic E-state index is 6.05. The van der Waals surface area contributed by atoms with E-state index in [1.54, 1.807) is 13.4 Å². The smallest absolute Gasteiger partial charge is 0.228 e. The molecule has 2 aromatic rings. The highest BCUT2D eigenvalue weighted by Gasteiger charge is 2.34. The molecule has 4 heteroatoms. The van der Waals surface area contributed by atoms with E-state index < -0.39 is 6.29 Å². The number of methoxy groups -OCH3 is 1. The van der Waals surface area contributed by atoms with Gasteiger partial charge in [-0.05, 0) is 17.2 Å². The normalized spacial score (nSPS) is 23.0. The summed E-state index contributed by atoms with van der Waals surface area (Å²) in [6.45, 7) is 0.991. The Morgan fingerprint density at radius 2 is 1.42 bits per heavy atom. The van der Waals surface area contributed by atoms with Crippen LogP contribution in [0.3, 0.4) is 0 Å². The minimum Gasteiger partial charge on any atom is -0.470 e. The van der Waals surface area contributed by atoms with Crippen LogP contribution in [0.2, 0.25) is 0 Å². The van der Waals surface area contributed by atoms with Gasteiger partial charge >= 0.3 is 0 Å². The molecular weight excluding hydrogens is 304 g/mol. The lowest BCUT2D eigenvalue weighted by molar-refractivity contribution is -0.213. The summed E-state index contributed by atoms with van der Waals surface area (Å²) in [6.07, 6.45) is 2.44. The number of benzene rings is 2. The molecule has 0 saturated carbocycles. The Hall–Kier alpha value is -2.14. The molecule has 3 atom stereocenters. The lowest BCUT2D eigenvalue weighted by Gasteiger charge is -2.33. The highest BCUT2D eigenvalue weighted by Crippen LogP contribution is 2.22. The summed E-state index contributed by atoms with van der Waals surface area (Å²) in [6, 6.07) is 20.1. The van der Waals surface area contributed by atoms with Crippen LogP contribution in [-0.4, -0.2) is 25.6 Å². The van der Waals surface area contributed by atoms with E-state index in [0.717, 1.165) is 11.1 Å². The maximum atomic E-state index is 6.05. The number of hydrogen-bond acceptors (Lipinski definition) is 4. The zero-order chi connectivity index (χ0) is 16.6. The predicted molar refractivity (Wildman–Crippen MR) is 91.1 cm³/mol. The van der Waals surface area contributed by atoms with E-state index in [9.17, 15) is 0 Å². The molecule has 126 valence electrons. The van der Waals surface area contributed by atoms with Gasteiger partial charge in [-0.3, -0.25) is 0 Å². The Morgan fingerprint density at radius 1 is 0.833 bits per heavy atom. The van der Waals surface area contributed by atoms with Gasteiger partial charge in [0.1, 0.15) is 12.2 Å². The second-order valence-electron chi connectivity index (χ2n) is 5.59. The molecule has 0 saturated heterocycles. The Labute approximate surface area is 142 Å². The molecule has 0 radical (unpaired) electrons. The average molecular weight is 326 g/mol. The van der Waals surface area contributed by atoms with E-state index in [1.165, 1.54) is 0 Å². The highest BCUT2D eigenvalue weighted by atomic mass is 16.7. The zero-order valence-corrected chi connectivity index (χ0v) is 13.7. The van der Waals surface area contributed by atoms with Gasteiger partial charge in [-0.2, -0.15) is 0 Å². The van der Waals surface area contributed by atoms with Crippen molar-refractivity contribution in [2.24, 2.45) is 0 Å². The third-order valence-electron chi connectivity index (χ3n) is 3.88. The Bertz CT molecular complexity index is 627. The van der Waals surface area contributed by atoms with Crippen LogP contribution in [0.5, 0.6) is 0 Å². The van der Waals surface area contributed by atoms with Crippen molar-refractivity contribution < 1.29 is 18.9 Å². The van der Waals surface area contributed by atoms with E-state index in [0.29, 0.717) is 13.2 Å². The largest absolute Gasteiger partial charge is 0.470 e. The molecule has 0 amide bonds. The molecule has 0 aromatic heterocycles. The molecule has 0 fully saturated rings. The van der Waals surface area contributed by atoms with Crippen LogP contribution >= 0.6 is 0 Å². The van der Waals surface area contributed by atoms with Crippen molar-refractivity contribution >= 4 is 0 Å². The first kappa shape index (κ1) is 16.7. The molecular formula is C20H22O4. The molecule has 24 heavy (non-hydrogen) atoms. The van der Waals surface area contributed by atoms with E-state index in [4.69, 9.17) is 18.9 Å². The maximum Gasteiger partial charge on any atom is 0.228 e. The van der Waals surface area contributed by atoms with E-state index in [2.05, 4.69) is 0 Å².